The first-order chi connectivity index (χ1) is 12.3. The number of alkyl halides is 3. The van der Waals surface area contributed by atoms with E-state index in [0.29, 0.717) is 11.4 Å². The normalized spacial score (nSPS) is 11.5. The summed E-state index contributed by atoms with van der Waals surface area (Å²) in [7, 11) is 0. The van der Waals surface area contributed by atoms with E-state index in [1.807, 2.05) is 33.8 Å². The zero-order chi connectivity index (χ0) is 19.7. The van der Waals surface area contributed by atoms with E-state index >= 15 is 0 Å². The van der Waals surface area contributed by atoms with E-state index < -0.39 is 12.0 Å². The highest BCUT2D eigenvalue weighted by molar-refractivity contribution is 6.02. The van der Waals surface area contributed by atoms with Crippen LogP contribution in [0, 0.1) is 0 Å². The number of carbonyl (C=O) groups excluding carboxylic acids is 1. The van der Waals surface area contributed by atoms with Crippen molar-refractivity contribution < 1.29 is 18.0 Å². The van der Waals surface area contributed by atoms with E-state index in [1.54, 1.807) is 0 Å². The lowest BCUT2D eigenvalue weighted by atomic mass is 10.1. The van der Waals surface area contributed by atoms with Crippen LogP contribution in [-0.4, -0.2) is 38.1 Å². The number of rotatable bonds is 11. The van der Waals surface area contributed by atoms with Gasteiger partial charge in [-0.05, 0) is 43.9 Å². The topological polar surface area (TPSA) is 23.6 Å². The maximum absolute atomic E-state index is 13.0. The first-order valence-electron chi connectivity index (χ1n) is 9.54. The molecule has 0 aromatic heterocycles. The van der Waals surface area contributed by atoms with Crippen LogP contribution in [0.15, 0.2) is 18.2 Å². The molecule has 0 aliphatic rings. The van der Waals surface area contributed by atoms with Gasteiger partial charge in [0.2, 0.25) is 0 Å². The maximum Gasteiger partial charge on any atom is 0.454 e. The van der Waals surface area contributed by atoms with Crippen molar-refractivity contribution in [3.8, 4) is 0 Å². The number of anilines is 2. The average molecular weight is 372 g/mol. The molecule has 148 valence electrons. The third kappa shape index (κ3) is 6.22. The maximum atomic E-state index is 13.0. The second-order valence-corrected chi connectivity index (χ2v) is 6.54. The molecule has 1 rings (SSSR count). The Morgan fingerprint density at radius 3 is 1.38 bits per heavy atom. The number of hydrogen-bond donors (Lipinski definition) is 0. The minimum absolute atomic E-state index is 0.278. The van der Waals surface area contributed by atoms with Crippen LogP contribution in [-0.2, 0) is 0 Å². The number of Topliss-reactive ketones (excluding diaryl/α,β-unsaturated/α-hetero) is 1. The summed E-state index contributed by atoms with van der Waals surface area (Å²) in [5, 5.41) is 0. The third-order valence-corrected chi connectivity index (χ3v) is 4.13. The summed E-state index contributed by atoms with van der Waals surface area (Å²) in [5.41, 5.74) is 1.10. The predicted molar refractivity (Wildman–Crippen MR) is 102 cm³/mol. The molecule has 0 atom stereocenters. The van der Waals surface area contributed by atoms with Crippen LogP contribution in [0.25, 0.3) is 0 Å². The van der Waals surface area contributed by atoms with Crippen LogP contribution in [0.3, 0.4) is 0 Å². The molecule has 6 heteroatoms. The zero-order valence-electron chi connectivity index (χ0n) is 16.3. The predicted octanol–water partition coefficient (Wildman–Crippen LogP) is 5.68. The minimum atomic E-state index is -4.86. The van der Waals surface area contributed by atoms with Crippen molar-refractivity contribution in [2.75, 3.05) is 36.0 Å². The van der Waals surface area contributed by atoms with Gasteiger partial charge in [-0.15, -0.1) is 0 Å². The molecule has 0 amide bonds. The Bertz CT molecular complexity index is 526. The number of benzene rings is 1. The van der Waals surface area contributed by atoms with E-state index in [9.17, 15) is 18.0 Å². The number of ketones is 1. The van der Waals surface area contributed by atoms with Crippen molar-refractivity contribution >= 4 is 17.2 Å². The molecule has 0 fully saturated rings. The molecule has 0 spiro atoms. The quantitative estimate of drug-likeness (QED) is 0.467. The molecule has 0 saturated heterocycles. The van der Waals surface area contributed by atoms with Gasteiger partial charge in [0.1, 0.15) is 0 Å². The van der Waals surface area contributed by atoms with Crippen molar-refractivity contribution in [3.63, 3.8) is 0 Å². The fourth-order valence-corrected chi connectivity index (χ4v) is 3.07. The lowest BCUT2D eigenvalue weighted by Gasteiger charge is -2.29. The number of nitrogens with zero attached hydrogens (tertiary/aromatic N) is 2. The fourth-order valence-electron chi connectivity index (χ4n) is 3.07. The lowest BCUT2D eigenvalue weighted by Crippen LogP contribution is -2.29. The lowest BCUT2D eigenvalue weighted by molar-refractivity contribution is -0.0885. The second kappa shape index (κ2) is 10.4. The average Bonchev–Trinajstić information content (AvgIpc) is 2.59. The SMILES string of the molecule is CCCN(CCC)c1cc(C(=O)C(F)(F)F)cc(N(CCC)CCC)c1. The van der Waals surface area contributed by atoms with Gasteiger partial charge in [0, 0.05) is 43.1 Å². The molecule has 3 nitrogen and oxygen atoms in total. The monoisotopic (exact) mass is 372 g/mol. The summed E-state index contributed by atoms with van der Waals surface area (Å²) in [6, 6.07) is 4.70. The summed E-state index contributed by atoms with van der Waals surface area (Å²) in [4.78, 5) is 16.0. The van der Waals surface area contributed by atoms with Crippen molar-refractivity contribution in [2.45, 2.75) is 59.6 Å². The summed E-state index contributed by atoms with van der Waals surface area (Å²) >= 11 is 0. The van der Waals surface area contributed by atoms with Crippen molar-refractivity contribution in [1.29, 1.82) is 0 Å². The molecule has 0 aliphatic carbocycles. The van der Waals surface area contributed by atoms with Crippen LogP contribution in [0.4, 0.5) is 24.5 Å². The first-order valence-corrected chi connectivity index (χ1v) is 9.54. The third-order valence-electron chi connectivity index (χ3n) is 4.13. The largest absolute Gasteiger partial charge is 0.454 e. The Kier molecular flexibility index (Phi) is 8.96. The van der Waals surface area contributed by atoms with Crippen molar-refractivity contribution in [2.24, 2.45) is 0 Å². The smallest absolute Gasteiger partial charge is 0.371 e. The molecule has 0 N–H and O–H groups in total. The van der Waals surface area contributed by atoms with Gasteiger partial charge in [0.05, 0.1) is 0 Å². The van der Waals surface area contributed by atoms with Crippen molar-refractivity contribution in [1.82, 2.24) is 0 Å². The summed E-state index contributed by atoms with van der Waals surface area (Å²) in [5.74, 6) is -1.78. The zero-order valence-corrected chi connectivity index (χ0v) is 16.3. The Labute approximate surface area is 155 Å². The van der Waals surface area contributed by atoms with E-state index in [-0.39, 0.29) is 5.56 Å². The number of carbonyl (C=O) groups is 1. The van der Waals surface area contributed by atoms with Crippen LogP contribution < -0.4 is 9.80 Å². The van der Waals surface area contributed by atoms with Gasteiger partial charge >= 0.3 is 6.18 Å². The molecular weight excluding hydrogens is 341 g/mol. The van der Waals surface area contributed by atoms with Gasteiger partial charge in [-0.25, -0.2) is 0 Å². The van der Waals surface area contributed by atoms with Gasteiger partial charge in [0.25, 0.3) is 5.78 Å². The molecule has 0 unspecified atom stereocenters. The van der Waals surface area contributed by atoms with E-state index in [2.05, 4.69) is 9.80 Å². The molecule has 0 saturated carbocycles. The van der Waals surface area contributed by atoms with Gasteiger partial charge in [-0.1, -0.05) is 27.7 Å². The second-order valence-electron chi connectivity index (χ2n) is 6.54. The molecule has 1 aromatic rings. The van der Waals surface area contributed by atoms with Gasteiger partial charge in [-0.2, -0.15) is 13.2 Å². The molecule has 0 heterocycles. The van der Waals surface area contributed by atoms with E-state index in [1.165, 1.54) is 12.1 Å². The van der Waals surface area contributed by atoms with E-state index in [4.69, 9.17) is 0 Å². The fraction of sp³-hybridized carbons (Fsp3) is 0.650. The molecule has 1 aromatic carbocycles. The Morgan fingerprint density at radius 1 is 0.769 bits per heavy atom. The molecule has 0 bridgehead atoms. The van der Waals surface area contributed by atoms with E-state index in [0.717, 1.165) is 51.9 Å². The Balaban J connectivity index is 3.43. The molecule has 0 aliphatic heterocycles. The minimum Gasteiger partial charge on any atom is -0.371 e. The first kappa shape index (κ1) is 22.3. The van der Waals surface area contributed by atoms with Crippen LogP contribution >= 0.6 is 0 Å². The van der Waals surface area contributed by atoms with Crippen molar-refractivity contribution in [3.05, 3.63) is 23.8 Å². The molecular formula is C20H31F3N2O. The summed E-state index contributed by atoms with van der Waals surface area (Å²) in [6.07, 6.45) is -1.31. The Hall–Kier alpha value is -1.72. The van der Waals surface area contributed by atoms with Crippen LogP contribution in [0.5, 0.6) is 0 Å². The molecule has 0 radical (unpaired) electrons. The highest BCUT2D eigenvalue weighted by Crippen LogP contribution is 2.30. The number of hydrogen-bond acceptors (Lipinski definition) is 3. The van der Waals surface area contributed by atoms with Crippen LogP contribution in [0.1, 0.15) is 63.7 Å². The summed E-state index contributed by atoms with van der Waals surface area (Å²) < 4.78 is 39.0. The van der Waals surface area contributed by atoms with Gasteiger partial charge in [0.15, 0.2) is 0 Å². The van der Waals surface area contributed by atoms with Crippen LogP contribution in [0.2, 0.25) is 0 Å². The molecule has 26 heavy (non-hydrogen) atoms. The van der Waals surface area contributed by atoms with Gasteiger partial charge < -0.3 is 9.80 Å². The Morgan fingerprint density at radius 2 is 1.12 bits per heavy atom. The standard InChI is InChI=1S/C20H31F3N2O/c1-5-9-24(10-6-2)17-13-16(19(26)20(21,22)23)14-18(15-17)25(11-7-3)12-8-4/h13-15H,5-12H2,1-4H3. The highest BCUT2D eigenvalue weighted by Gasteiger charge is 2.39. The van der Waals surface area contributed by atoms with Gasteiger partial charge in [-0.3, -0.25) is 4.79 Å². The highest BCUT2D eigenvalue weighted by atomic mass is 19.4. The number of halogens is 3. The summed E-state index contributed by atoms with van der Waals surface area (Å²) in [6.45, 7) is 11.1.